The van der Waals surface area contributed by atoms with Crippen molar-refractivity contribution in [3.05, 3.63) is 0 Å². The van der Waals surface area contributed by atoms with Crippen LogP contribution in [0.3, 0.4) is 0 Å². The third-order valence-electron chi connectivity index (χ3n) is 3.00. The van der Waals surface area contributed by atoms with E-state index in [2.05, 4.69) is 10.6 Å². The topological polar surface area (TPSA) is 70.7 Å². The summed E-state index contributed by atoms with van der Waals surface area (Å²) in [6, 6.07) is 0.256. The summed E-state index contributed by atoms with van der Waals surface area (Å²) in [6.07, 6.45) is -0.570. The Bertz CT molecular complexity index is 374. The predicted molar refractivity (Wildman–Crippen MR) is 77.5 cm³/mol. The van der Waals surface area contributed by atoms with Crippen LogP contribution in [0.5, 0.6) is 0 Å². The number of amides is 2. The lowest BCUT2D eigenvalue weighted by Gasteiger charge is -2.37. The maximum Gasteiger partial charge on any atom is 0.408 e. The second kappa shape index (κ2) is 5.99. The highest BCUT2D eigenvalue weighted by Gasteiger charge is 2.37. The molecule has 1 aliphatic rings. The van der Waals surface area contributed by atoms with E-state index >= 15 is 0 Å². The van der Waals surface area contributed by atoms with E-state index in [1.54, 1.807) is 18.7 Å². The predicted octanol–water partition coefficient (Wildman–Crippen LogP) is 1.11. The van der Waals surface area contributed by atoms with Crippen LogP contribution in [0.4, 0.5) is 4.79 Å². The fraction of sp³-hybridized carbons (Fsp3) is 0.857. The van der Waals surface area contributed by atoms with Crippen molar-refractivity contribution >= 4 is 12.0 Å². The minimum atomic E-state index is -1.16. The first kappa shape index (κ1) is 16.8. The van der Waals surface area contributed by atoms with E-state index in [-0.39, 0.29) is 17.5 Å². The SMILES string of the molecule is C[C@H]1CN(C(=O)C(C)(C)OC(=O)NC(C)(C)C)CCN1. The van der Waals surface area contributed by atoms with Crippen molar-refractivity contribution in [2.45, 2.75) is 58.7 Å². The number of hydrogen-bond acceptors (Lipinski definition) is 4. The maximum absolute atomic E-state index is 12.5. The number of alkyl carbamates (subject to hydrolysis) is 1. The molecular formula is C14H27N3O3. The fourth-order valence-corrected chi connectivity index (χ4v) is 2.10. The molecule has 0 radical (unpaired) electrons. The van der Waals surface area contributed by atoms with Crippen LogP contribution in [0.25, 0.3) is 0 Å². The number of nitrogens with zero attached hydrogens (tertiary/aromatic N) is 1. The molecule has 6 nitrogen and oxygen atoms in total. The van der Waals surface area contributed by atoms with Crippen LogP contribution in [0.15, 0.2) is 0 Å². The Morgan fingerprint density at radius 2 is 1.85 bits per heavy atom. The van der Waals surface area contributed by atoms with E-state index in [4.69, 9.17) is 4.74 Å². The molecule has 0 spiro atoms. The molecule has 0 aromatic rings. The fourth-order valence-electron chi connectivity index (χ4n) is 2.10. The quantitative estimate of drug-likeness (QED) is 0.797. The molecule has 2 N–H and O–H groups in total. The van der Waals surface area contributed by atoms with Gasteiger partial charge in [0, 0.05) is 31.2 Å². The number of ether oxygens (including phenoxy) is 1. The summed E-state index contributed by atoms with van der Waals surface area (Å²) in [5.41, 5.74) is -1.55. The minimum absolute atomic E-state index is 0.157. The first-order valence-corrected chi connectivity index (χ1v) is 7.05. The molecule has 1 aliphatic heterocycles. The van der Waals surface area contributed by atoms with Gasteiger partial charge in [0.15, 0.2) is 5.60 Å². The highest BCUT2D eigenvalue weighted by molar-refractivity contribution is 5.87. The van der Waals surface area contributed by atoms with Crippen molar-refractivity contribution in [3.8, 4) is 0 Å². The van der Waals surface area contributed by atoms with Crippen LogP contribution >= 0.6 is 0 Å². The molecule has 1 atom stereocenters. The van der Waals surface area contributed by atoms with Gasteiger partial charge in [0.2, 0.25) is 0 Å². The van der Waals surface area contributed by atoms with Gasteiger partial charge in [-0.2, -0.15) is 0 Å². The van der Waals surface area contributed by atoms with Gasteiger partial charge in [0.05, 0.1) is 0 Å². The van der Waals surface area contributed by atoms with E-state index in [1.807, 2.05) is 27.7 Å². The normalized spacial score (nSPS) is 20.5. The Morgan fingerprint density at radius 1 is 1.25 bits per heavy atom. The maximum atomic E-state index is 12.5. The lowest BCUT2D eigenvalue weighted by molar-refractivity contribution is -0.149. The molecule has 116 valence electrons. The van der Waals surface area contributed by atoms with Gasteiger partial charge >= 0.3 is 6.09 Å². The molecule has 0 aliphatic carbocycles. The molecule has 0 aromatic carbocycles. The van der Waals surface area contributed by atoms with Crippen LogP contribution in [0.2, 0.25) is 0 Å². The summed E-state index contributed by atoms with van der Waals surface area (Å²) in [5.74, 6) is -0.157. The van der Waals surface area contributed by atoms with Crippen molar-refractivity contribution in [2.24, 2.45) is 0 Å². The summed E-state index contributed by atoms with van der Waals surface area (Å²) < 4.78 is 5.30. The number of carbonyl (C=O) groups excluding carboxylic acids is 2. The van der Waals surface area contributed by atoms with Crippen LogP contribution in [-0.2, 0) is 9.53 Å². The van der Waals surface area contributed by atoms with Gasteiger partial charge in [-0.05, 0) is 41.5 Å². The average molecular weight is 285 g/mol. The Morgan fingerprint density at radius 3 is 2.35 bits per heavy atom. The Balaban J connectivity index is 2.62. The number of carbonyl (C=O) groups is 2. The number of rotatable bonds is 2. The highest BCUT2D eigenvalue weighted by Crippen LogP contribution is 2.16. The third-order valence-corrected chi connectivity index (χ3v) is 3.00. The van der Waals surface area contributed by atoms with Crippen molar-refractivity contribution in [3.63, 3.8) is 0 Å². The molecule has 0 aromatic heterocycles. The molecule has 1 rings (SSSR count). The molecule has 6 heteroatoms. The zero-order chi connectivity index (χ0) is 15.6. The van der Waals surface area contributed by atoms with Crippen molar-refractivity contribution < 1.29 is 14.3 Å². The van der Waals surface area contributed by atoms with E-state index in [1.165, 1.54) is 0 Å². The smallest absolute Gasteiger partial charge is 0.408 e. The van der Waals surface area contributed by atoms with Gasteiger partial charge in [-0.25, -0.2) is 4.79 Å². The monoisotopic (exact) mass is 285 g/mol. The zero-order valence-corrected chi connectivity index (χ0v) is 13.4. The molecule has 1 heterocycles. The van der Waals surface area contributed by atoms with Gasteiger partial charge in [0.25, 0.3) is 5.91 Å². The summed E-state index contributed by atoms with van der Waals surface area (Å²) >= 11 is 0. The second-order valence-electron chi connectivity index (χ2n) is 6.88. The van der Waals surface area contributed by atoms with E-state index in [0.717, 1.165) is 6.54 Å². The van der Waals surface area contributed by atoms with Crippen LogP contribution in [0, 0.1) is 0 Å². The zero-order valence-electron chi connectivity index (χ0n) is 13.4. The Kier molecular flexibility index (Phi) is 5.02. The molecule has 2 amide bonds. The summed E-state index contributed by atoms with van der Waals surface area (Å²) in [4.78, 5) is 26.0. The van der Waals surface area contributed by atoms with Gasteiger partial charge in [-0.1, -0.05) is 0 Å². The standard InChI is InChI=1S/C14H27N3O3/c1-10-9-17(8-7-15-10)11(18)14(5,6)20-12(19)16-13(2,3)4/h10,15H,7-9H2,1-6H3,(H,16,19)/t10-/m0/s1. The van der Waals surface area contributed by atoms with Crippen LogP contribution < -0.4 is 10.6 Å². The van der Waals surface area contributed by atoms with Crippen LogP contribution in [0.1, 0.15) is 41.5 Å². The van der Waals surface area contributed by atoms with Crippen molar-refractivity contribution in [1.82, 2.24) is 15.5 Å². The van der Waals surface area contributed by atoms with Crippen LogP contribution in [-0.4, -0.2) is 53.7 Å². The molecule has 0 saturated carbocycles. The third kappa shape index (κ3) is 5.00. The van der Waals surface area contributed by atoms with Gasteiger partial charge < -0.3 is 20.3 Å². The van der Waals surface area contributed by atoms with E-state index in [9.17, 15) is 9.59 Å². The summed E-state index contributed by atoms with van der Waals surface area (Å²) in [6.45, 7) is 12.9. The molecular weight excluding hydrogens is 258 g/mol. The van der Waals surface area contributed by atoms with E-state index < -0.39 is 11.7 Å². The molecule has 20 heavy (non-hydrogen) atoms. The summed E-state index contributed by atoms with van der Waals surface area (Å²) in [5, 5.41) is 5.97. The number of piperazine rings is 1. The van der Waals surface area contributed by atoms with E-state index in [0.29, 0.717) is 13.1 Å². The first-order valence-electron chi connectivity index (χ1n) is 7.05. The first-order chi connectivity index (χ1) is 9.01. The van der Waals surface area contributed by atoms with Gasteiger partial charge in [-0.3, -0.25) is 4.79 Å². The van der Waals surface area contributed by atoms with Crippen molar-refractivity contribution in [2.75, 3.05) is 19.6 Å². The average Bonchev–Trinajstić information content (AvgIpc) is 2.24. The molecule has 1 fully saturated rings. The number of hydrogen-bond donors (Lipinski definition) is 2. The minimum Gasteiger partial charge on any atom is -0.433 e. The van der Waals surface area contributed by atoms with Gasteiger partial charge in [0.1, 0.15) is 0 Å². The number of nitrogens with one attached hydrogen (secondary N) is 2. The largest absolute Gasteiger partial charge is 0.433 e. The Labute approximate surface area is 121 Å². The summed E-state index contributed by atoms with van der Waals surface area (Å²) in [7, 11) is 0. The van der Waals surface area contributed by atoms with Crippen molar-refractivity contribution in [1.29, 1.82) is 0 Å². The molecule has 0 bridgehead atoms. The lowest BCUT2D eigenvalue weighted by Crippen LogP contribution is -2.57. The second-order valence-corrected chi connectivity index (χ2v) is 6.88. The molecule has 1 saturated heterocycles. The van der Waals surface area contributed by atoms with Gasteiger partial charge in [-0.15, -0.1) is 0 Å². The lowest BCUT2D eigenvalue weighted by atomic mass is 10.1. The highest BCUT2D eigenvalue weighted by atomic mass is 16.6. The molecule has 0 unspecified atom stereocenters. The Hall–Kier alpha value is -1.30.